The van der Waals surface area contributed by atoms with Crippen molar-refractivity contribution in [2.24, 2.45) is 0 Å². The fraction of sp³-hybridized carbons (Fsp3) is 0.200. The molecule has 0 saturated carbocycles. The maximum Gasteiger partial charge on any atom is 0.272 e. The van der Waals surface area contributed by atoms with Crippen LogP contribution in [0.2, 0.25) is 0 Å². The van der Waals surface area contributed by atoms with Crippen molar-refractivity contribution in [2.45, 2.75) is 25.8 Å². The van der Waals surface area contributed by atoms with Crippen LogP contribution in [0.3, 0.4) is 0 Å². The standard InChI is InChI=1S/C20H18BrN3O2/c21-16-9-5-4-8-15(16)10-22-20(25)19-17-12-26-18(11-24(17)13-23-19)14-6-2-1-3-7-14/h1-9,13,18H,10-12H2,(H,22,25)/t18-/m1/s1. The molecule has 0 spiro atoms. The summed E-state index contributed by atoms with van der Waals surface area (Å²) in [6.07, 6.45) is 1.70. The van der Waals surface area contributed by atoms with Crippen LogP contribution in [0.5, 0.6) is 0 Å². The Morgan fingerprint density at radius 2 is 1.96 bits per heavy atom. The van der Waals surface area contributed by atoms with Crippen LogP contribution in [0.1, 0.15) is 33.4 Å². The van der Waals surface area contributed by atoms with Crippen molar-refractivity contribution in [3.8, 4) is 0 Å². The summed E-state index contributed by atoms with van der Waals surface area (Å²) in [5.41, 5.74) is 3.41. The number of benzene rings is 2. The first kappa shape index (κ1) is 17.0. The van der Waals surface area contributed by atoms with E-state index in [2.05, 4.69) is 38.4 Å². The third-order valence-corrected chi connectivity index (χ3v) is 5.29. The molecule has 4 rings (SSSR count). The van der Waals surface area contributed by atoms with E-state index in [4.69, 9.17) is 4.74 Å². The van der Waals surface area contributed by atoms with E-state index < -0.39 is 0 Å². The van der Waals surface area contributed by atoms with E-state index in [9.17, 15) is 4.79 Å². The fourth-order valence-corrected chi connectivity index (χ4v) is 3.51. The molecule has 1 amide bonds. The maximum atomic E-state index is 12.6. The molecule has 1 atom stereocenters. The molecule has 0 saturated heterocycles. The van der Waals surface area contributed by atoms with Gasteiger partial charge in [0.25, 0.3) is 5.91 Å². The van der Waals surface area contributed by atoms with E-state index >= 15 is 0 Å². The molecule has 1 aliphatic rings. The average Bonchev–Trinajstić information content (AvgIpc) is 3.11. The Hall–Kier alpha value is -2.44. The van der Waals surface area contributed by atoms with Crippen LogP contribution < -0.4 is 5.32 Å². The van der Waals surface area contributed by atoms with Gasteiger partial charge in [0.1, 0.15) is 6.10 Å². The van der Waals surface area contributed by atoms with Crippen molar-refractivity contribution >= 4 is 21.8 Å². The Morgan fingerprint density at radius 3 is 2.77 bits per heavy atom. The number of imidazole rings is 1. The van der Waals surface area contributed by atoms with E-state index in [0.717, 1.165) is 21.3 Å². The normalized spacial score (nSPS) is 16.1. The molecule has 26 heavy (non-hydrogen) atoms. The van der Waals surface area contributed by atoms with E-state index in [-0.39, 0.29) is 12.0 Å². The predicted molar refractivity (Wildman–Crippen MR) is 102 cm³/mol. The summed E-state index contributed by atoms with van der Waals surface area (Å²) in [4.78, 5) is 16.9. The summed E-state index contributed by atoms with van der Waals surface area (Å²) in [6, 6.07) is 17.9. The third kappa shape index (κ3) is 3.43. The van der Waals surface area contributed by atoms with Crippen molar-refractivity contribution in [3.05, 3.63) is 87.9 Å². The highest BCUT2D eigenvalue weighted by Crippen LogP contribution is 2.27. The molecule has 0 fully saturated rings. The maximum absolute atomic E-state index is 12.6. The van der Waals surface area contributed by atoms with Crippen molar-refractivity contribution in [1.29, 1.82) is 0 Å². The Balaban J connectivity index is 1.46. The number of aromatic nitrogens is 2. The molecule has 0 bridgehead atoms. The topological polar surface area (TPSA) is 56.2 Å². The Morgan fingerprint density at radius 1 is 1.19 bits per heavy atom. The SMILES string of the molecule is O=C(NCc1ccccc1Br)c1ncn2c1CO[C@@H](c1ccccc1)C2. The largest absolute Gasteiger partial charge is 0.365 e. The number of hydrogen-bond donors (Lipinski definition) is 1. The van der Waals surface area contributed by atoms with E-state index in [0.29, 0.717) is 25.4 Å². The minimum atomic E-state index is -0.184. The Bertz CT molecular complexity index is 924. The second-order valence-electron chi connectivity index (χ2n) is 6.18. The average molecular weight is 412 g/mol. The summed E-state index contributed by atoms with van der Waals surface area (Å²) < 4.78 is 8.95. The lowest BCUT2D eigenvalue weighted by Crippen LogP contribution is -2.27. The lowest BCUT2D eigenvalue weighted by atomic mass is 10.1. The van der Waals surface area contributed by atoms with E-state index in [1.54, 1.807) is 6.33 Å². The number of fused-ring (bicyclic) bond motifs is 1. The quantitative estimate of drug-likeness (QED) is 0.709. The summed E-state index contributed by atoms with van der Waals surface area (Å²) in [5.74, 6) is -0.184. The molecule has 2 aromatic carbocycles. The Labute approximate surface area is 160 Å². The number of ether oxygens (including phenoxy) is 1. The van der Waals surface area contributed by atoms with Crippen LogP contribution in [0.4, 0.5) is 0 Å². The second kappa shape index (κ2) is 7.43. The van der Waals surface area contributed by atoms with Gasteiger partial charge < -0.3 is 14.6 Å². The molecule has 0 aliphatic carbocycles. The number of carbonyl (C=O) groups excluding carboxylic acids is 1. The van der Waals surface area contributed by atoms with Crippen molar-refractivity contribution in [3.63, 3.8) is 0 Å². The Kier molecular flexibility index (Phi) is 4.86. The number of amides is 1. The molecule has 5 nitrogen and oxygen atoms in total. The number of rotatable bonds is 4. The van der Waals surface area contributed by atoms with Gasteiger partial charge in [-0.2, -0.15) is 0 Å². The van der Waals surface area contributed by atoms with Crippen molar-refractivity contribution < 1.29 is 9.53 Å². The van der Waals surface area contributed by atoms with Gasteiger partial charge in [0.2, 0.25) is 0 Å². The lowest BCUT2D eigenvalue weighted by Gasteiger charge is -2.25. The van der Waals surface area contributed by atoms with E-state index in [1.165, 1.54) is 0 Å². The van der Waals surface area contributed by atoms with Gasteiger partial charge in [-0.1, -0.05) is 64.5 Å². The molecule has 0 radical (unpaired) electrons. The smallest absolute Gasteiger partial charge is 0.272 e. The van der Waals surface area contributed by atoms with Gasteiger partial charge in [-0.25, -0.2) is 4.98 Å². The summed E-state index contributed by atoms with van der Waals surface area (Å²) in [6.45, 7) is 1.47. The number of carbonyl (C=O) groups is 1. The van der Waals surface area contributed by atoms with Crippen molar-refractivity contribution in [2.75, 3.05) is 0 Å². The lowest BCUT2D eigenvalue weighted by molar-refractivity contribution is 0.00257. The van der Waals surface area contributed by atoms with Gasteiger partial charge in [0.05, 0.1) is 25.2 Å². The third-order valence-electron chi connectivity index (χ3n) is 4.51. The first-order chi connectivity index (χ1) is 12.7. The number of halogens is 1. The molecule has 132 valence electrons. The van der Waals surface area contributed by atoms with Gasteiger partial charge >= 0.3 is 0 Å². The van der Waals surface area contributed by atoms with Crippen LogP contribution in [0.15, 0.2) is 65.4 Å². The summed E-state index contributed by atoms with van der Waals surface area (Å²) in [5, 5.41) is 2.93. The first-order valence-corrected chi connectivity index (χ1v) is 9.24. The zero-order chi connectivity index (χ0) is 17.9. The minimum Gasteiger partial charge on any atom is -0.365 e. The molecule has 3 aromatic rings. The van der Waals surface area contributed by atoms with Crippen LogP contribution in [0.25, 0.3) is 0 Å². The molecular weight excluding hydrogens is 394 g/mol. The molecular formula is C20H18BrN3O2. The number of nitrogens with one attached hydrogen (secondary N) is 1. The summed E-state index contributed by atoms with van der Waals surface area (Å²) in [7, 11) is 0. The summed E-state index contributed by atoms with van der Waals surface area (Å²) >= 11 is 3.49. The van der Waals surface area contributed by atoms with Gasteiger partial charge in [-0.15, -0.1) is 0 Å². The molecule has 0 unspecified atom stereocenters. The number of nitrogens with zero attached hydrogens (tertiary/aromatic N) is 2. The molecule has 6 heteroatoms. The van der Waals surface area contributed by atoms with Crippen molar-refractivity contribution in [1.82, 2.24) is 14.9 Å². The number of hydrogen-bond acceptors (Lipinski definition) is 3. The van der Waals surface area contributed by atoms with Gasteiger partial charge in [-0.3, -0.25) is 4.79 Å². The van der Waals surface area contributed by atoms with Crippen LogP contribution in [-0.4, -0.2) is 15.5 Å². The van der Waals surface area contributed by atoms with Crippen LogP contribution in [0, 0.1) is 0 Å². The van der Waals surface area contributed by atoms with Crippen LogP contribution >= 0.6 is 15.9 Å². The van der Waals surface area contributed by atoms with Crippen LogP contribution in [-0.2, 0) is 24.4 Å². The fourth-order valence-electron chi connectivity index (χ4n) is 3.09. The predicted octanol–water partition coefficient (Wildman–Crippen LogP) is 3.85. The molecule has 1 aromatic heterocycles. The van der Waals surface area contributed by atoms with E-state index in [1.807, 2.05) is 47.0 Å². The second-order valence-corrected chi connectivity index (χ2v) is 7.03. The molecule has 1 N–H and O–H groups in total. The first-order valence-electron chi connectivity index (χ1n) is 8.44. The highest BCUT2D eigenvalue weighted by atomic mass is 79.9. The monoisotopic (exact) mass is 411 g/mol. The molecule has 1 aliphatic heterocycles. The minimum absolute atomic E-state index is 0.0194. The highest BCUT2D eigenvalue weighted by molar-refractivity contribution is 9.10. The highest BCUT2D eigenvalue weighted by Gasteiger charge is 2.26. The zero-order valence-electron chi connectivity index (χ0n) is 14.1. The zero-order valence-corrected chi connectivity index (χ0v) is 15.6. The van der Waals surface area contributed by atoms with Gasteiger partial charge in [-0.05, 0) is 17.2 Å². The molecule has 2 heterocycles. The van der Waals surface area contributed by atoms with Gasteiger partial charge in [0.15, 0.2) is 5.69 Å². The van der Waals surface area contributed by atoms with Gasteiger partial charge in [0, 0.05) is 11.0 Å².